The summed E-state index contributed by atoms with van der Waals surface area (Å²) in [6.07, 6.45) is 1.55. The van der Waals surface area contributed by atoms with Crippen LogP contribution in [0, 0.1) is 13.8 Å². The molecule has 0 unspecified atom stereocenters. The summed E-state index contributed by atoms with van der Waals surface area (Å²) >= 11 is 0. The van der Waals surface area contributed by atoms with E-state index in [4.69, 9.17) is 14.9 Å². The SMILES string of the molecule is CCn1cc(NC(=O)c2ccc(COc3cc(C)cc(C)c3)o2)c(C(N)=O)n1. The Balaban J connectivity index is 1.67. The molecule has 0 saturated carbocycles. The number of rotatable bonds is 7. The first-order valence-corrected chi connectivity index (χ1v) is 8.84. The lowest BCUT2D eigenvalue weighted by Gasteiger charge is -2.06. The van der Waals surface area contributed by atoms with Gasteiger partial charge in [-0.3, -0.25) is 14.3 Å². The maximum atomic E-state index is 12.4. The maximum Gasteiger partial charge on any atom is 0.291 e. The van der Waals surface area contributed by atoms with Gasteiger partial charge in [0.1, 0.15) is 18.1 Å². The van der Waals surface area contributed by atoms with Crippen LogP contribution in [0.3, 0.4) is 0 Å². The fourth-order valence-corrected chi connectivity index (χ4v) is 2.79. The lowest BCUT2D eigenvalue weighted by Crippen LogP contribution is -2.17. The third-order valence-electron chi connectivity index (χ3n) is 4.03. The first-order chi connectivity index (χ1) is 13.4. The molecule has 8 heteroatoms. The second-order valence-electron chi connectivity index (χ2n) is 6.44. The van der Waals surface area contributed by atoms with E-state index in [0.717, 1.165) is 16.9 Å². The molecule has 2 heterocycles. The van der Waals surface area contributed by atoms with Crippen molar-refractivity contribution in [2.45, 2.75) is 33.9 Å². The van der Waals surface area contributed by atoms with Crippen LogP contribution in [-0.4, -0.2) is 21.6 Å². The van der Waals surface area contributed by atoms with Gasteiger partial charge in [-0.15, -0.1) is 0 Å². The Hall–Kier alpha value is -3.55. The standard InChI is InChI=1S/C20H22N4O4/c1-4-24-10-16(18(23-24)19(21)25)22-20(26)17-6-5-14(28-17)11-27-15-8-12(2)7-13(3)9-15/h5-10H,4,11H2,1-3H3,(H2,21,25)(H,22,26). The van der Waals surface area contributed by atoms with Crippen LogP contribution in [-0.2, 0) is 13.2 Å². The number of aryl methyl sites for hydroxylation is 3. The minimum Gasteiger partial charge on any atom is -0.486 e. The second kappa shape index (κ2) is 7.99. The lowest BCUT2D eigenvalue weighted by atomic mass is 10.1. The quantitative estimate of drug-likeness (QED) is 0.652. The zero-order chi connectivity index (χ0) is 20.3. The van der Waals surface area contributed by atoms with Crippen LogP contribution in [0.5, 0.6) is 5.75 Å². The summed E-state index contributed by atoms with van der Waals surface area (Å²) in [7, 11) is 0. The Morgan fingerprint density at radius 1 is 1.21 bits per heavy atom. The molecule has 0 atom stereocenters. The van der Waals surface area contributed by atoms with Gasteiger partial charge >= 0.3 is 0 Å². The Morgan fingerprint density at radius 3 is 2.57 bits per heavy atom. The van der Waals surface area contributed by atoms with Gasteiger partial charge in [-0.2, -0.15) is 5.10 Å². The van der Waals surface area contributed by atoms with Crippen LogP contribution >= 0.6 is 0 Å². The van der Waals surface area contributed by atoms with Gasteiger partial charge in [0.05, 0.1) is 5.69 Å². The number of aromatic nitrogens is 2. The molecule has 0 saturated heterocycles. The lowest BCUT2D eigenvalue weighted by molar-refractivity contribution is 0.0992. The highest BCUT2D eigenvalue weighted by Crippen LogP contribution is 2.19. The molecule has 0 bridgehead atoms. The predicted octanol–water partition coefficient (Wildman–Crippen LogP) is 3.04. The summed E-state index contributed by atoms with van der Waals surface area (Å²) in [4.78, 5) is 23.9. The van der Waals surface area contributed by atoms with E-state index in [1.807, 2.05) is 32.9 Å². The largest absolute Gasteiger partial charge is 0.486 e. The fourth-order valence-electron chi connectivity index (χ4n) is 2.79. The summed E-state index contributed by atoms with van der Waals surface area (Å²) < 4.78 is 12.8. The van der Waals surface area contributed by atoms with Gasteiger partial charge in [0.25, 0.3) is 11.8 Å². The van der Waals surface area contributed by atoms with Crippen LogP contribution < -0.4 is 15.8 Å². The molecule has 2 amide bonds. The number of hydrogen-bond acceptors (Lipinski definition) is 5. The van der Waals surface area contributed by atoms with Gasteiger partial charge in [-0.1, -0.05) is 6.07 Å². The monoisotopic (exact) mass is 382 g/mol. The van der Waals surface area contributed by atoms with E-state index < -0.39 is 11.8 Å². The molecular formula is C20H22N4O4. The molecule has 28 heavy (non-hydrogen) atoms. The van der Waals surface area contributed by atoms with E-state index in [1.165, 1.54) is 4.68 Å². The number of benzene rings is 1. The Kier molecular flexibility index (Phi) is 5.49. The molecule has 0 fully saturated rings. The minimum atomic E-state index is -0.718. The first kappa shape index (κ1) is 19.2. The van der Waals surface area contributed by atoms with Crippen LogP contribution in [0.1, 0.15) is 44.9 Å². The molecule has 1 aromatic carbocycles. The average Bonchev–Trinajstić information content (AvgIpc) is 3.26. The summed E-state index contributed by atoms with van der Waals surface area (Å²) in [5.74, 6) is 0.112. The zero-order valence-electron chi connectivity index (χ0n) is 16.0. The van der Waals surface area contributed by atoms with Crippen molar-refractivity contribution in [3.05, 3.63) is 64.9 Å². The molecular weight excluding hydrogens is 360 g/mol. The Labute approximate surface area is 162 Å². The van der Waals surface area contributed by atoms with Crippen LogP contribution in [0.15, 0.2) is 40.9 Å². The molecule has 0 aliphatic carbocycles. The molecule has 0 spiro atoms. The normalized spacial score (nSPS) is 10.7. The number of furan rings is 1. The predicted molar refractivity (Wildman–Crippen MR) is 103 cm³/mol. The third-order valence-corrected chi connectivity index (χ3v) is 4.03. The van der Waals surface area contributed by atoms with E-state index >= 15 is 0 Å². The number of anilines is 1. The molecule has 0 radical (unpaired) electrons. The third kappa shape index (κ3) is 4.40. The first-order valence-electron chi connectivity index (χ1n) is 8.84. The number of ether oxygens (including phenoxy) is 1. The highest BCUT2D eigenvalue weighted by atomic mass is 16.5. The second-order valence-corrected chi connectivity index (χ2v) is 6.44. The van der Waals surface area contributed by atoms with Crippen LogP contribution in [0.25, 0.3) is 0 Å². The van der Waals surface area contributed by atoms with Gasteiger partial charge < -0.3 is 20.2 Å². The van der Waals surface area contributed by atoms with E-state index in [9.17, 15) is 9.59 Å². The van der Waals surface area contributed by atoms with Crippen molar-refractivity contribution in [2.75, 3.05) is 5.32 Å². The van der Waals surface area contributed by atoms with Crippen molar-refractivity contribution in [3.8, 4) is 5.75 Å². The van der Waals surface area contributed by atoms with Gasteiger partial charge in [0, 0.05) is 12.7 Å². The molecule has 3 N–H and O–H groups in total. The van der Waals surface area contributed by atoms with Crippen molar-refractivity contribution in [1.82, 2.24) is 9.78 Å². The van der Waals surface area contributed by atoms with Gasteiger partial charge in [0.2, 0.25) is 0 Å². The van der Waals surface area contributed by atoms with Crippen molar-refractivity contribution in [2.24, 2.45) is 5.73 Å². The maximum absolute atomic E-state index is 12.4. The molecule has 3 rings (SSSR count). The van der Waals surface area contributed by atoms with E-state index in [0.29, 0.717) is 12.3 Å². The number of carbonyl (C=O) groups excluding carboxylic acids is 2. The number of hydrogen-bond donors (Lipinski definition) is 2. The van der Waals surface area contributed by atoms with Crippen molar-refractivity contribution >= 4 is 17.5 Å². The highest BCUT2D eigenvalue weighted by molar-refractivity contribution is 6.06. The summed E-state index contributed by atoms with van der Waals surface area (Å²) in [5, 5.41) is 6.64. The molecule has 8 nitrogen and oxygen atoms in total. The van der Waals surface area contributed by atoms with Gasteiger partial charge in [-0.25, -0.2) is 0 Å². The molecule has 0 aliphatic rings. The smallest absolute Gasteiger partial charge is 0.291 e. The van der Waals surface area contributed by atoms with E-state index in [1.54, 1.807) is 18.3 Å². The number of nitrogens with zero attached hydrogens (tertiary/aromatic N) is 2. The Morgan fingerprint density at radius 2 is 1.93 bits per heavy atom. The molecule has 3 aromatic rings. The molecule has 0 aliphatic heterocycles. The van der Waals surface area contributed by atoms with Gasteiger partial charge in [0.15, 0.2) is 11.5 Å². The molecule has 2 aromatic heterocycles. The number of primary amides is 1. The van der Waals surface area contributed by atoms with Crippen molar-refractivity contribution < 1.29 is 18.7 Å². The van der Waals surface area contributed by atoms with Crippen molar-refractivity contribution in [3.63, 3.8) is 0 Å². The van der Waals surface area contributed by atoms with Crippen molar-refractivity contribution in [1.29, 1.82) is 0 Å². The Bertz CT molecular complexity index is 999. The molecule has 146 valence electrons. The zero-order valence-corrected chi connectivity index (χ0v) is 16.0. The highest BCUT2D eigenvalue weighted by Gasteiger charge is 2.19. The van der Waals surface area contributed by atoms with E-state index in [-0.39, 0.29) is 23.7 Å². The number of carbonyl (C=O) groups is 2. The fraction of sp³-hybridized carbons (Fsp3) is 0.250. The summed E-state index contributed by atoms with van der Waals surface area (Å²) in [5.41, 5.74) is 7.76. The minimum absolute atomic E-state index is 0.000121. The number of nitrogens with two attached hydrogens (primary N) is 1. The summed E-state index contributed by atoms with van der Waals surface area (Å²) in [6.45, 7) is 6.58. The number of amides is 2. The number of nitrogens with one attached hydrogen (secondary N) is 1. The van der Waals surface area contributed by atoms with E-state index in [2.05, 4.69) is 16.5 Å². The van der Waals surface area contributed by atoms with Crippen LogP contribution in [0.2, 0.25) is 0 Å². The summed E-state index contributed by atoms with van der Waals surface area (Å²) in [6, 6.07) is 9.13. The van der Waals surface area contributed by atoms with Crippen LogP contribution in [0.4, 0.5) is 5.69 Å². The van der Waals surface area contributed by atoms with Gasteiger partial charge in [-0.05, 0) is 56.2 Å². The topological polar surface area (TPSA) is 112 Å². The average molecular weight is 382 g/mol.